The first kappa shape index (κ1) is 16.3. The summed E-state index contributed by atoms with van der Waals surface area (Å²) in [5.41, 5.74) is 1.18. The minimum Gasteiger partial charge on any atom is -0.370 e. The Morgan fingerprint density at radius 1 is 1.08 bits per heavy atom. The molecule has 0 saturated carbocycles. The van der Waals surface area contributed by atoms with E-state index < -0.39 is 12.1 Å². The molecule has 1 aromatic rings. The summed E-state index contributed by atoms with van der Waals surface area (Å²) in [6, 6.07) is 9.13. The molecule has 2 aliphatic heterocycles. The van der Waals surface area contributed by atoms with Crippen molar-refractivity contribution in [3.8, 4) is 0 Å². The van der Waals surface area contributed by atoms with Crippen LogP contribution in [0.3, 0.4) is 0 Å². The normalized spacial score (nSPS) is 21.2. The molecule has 2 aliphatic rings. The summed E-state index contributed by atoms with van der Waals surface area (Å²) in [5.74, 6) is -0.308. The fourth-order valence-corrected chi connectivity index (χ4v) is 3.15. The first-order valence-electron chi connectivity index (χ1n) is 8.32. The molecule has 24 heavy (non-hydrogen) atoms. The Labute approximate surface area is 141 Å². The summed E-state index contributed by atoms with van der Waals surface area (Å²) in [7, 11) is 0. The Bertz CT molecular complexity index is 620. The van der Waals surface area contributed by atoms with Gasteiger partial charge in [-0.3, -0.25) is 14.9 Å². The SMILES string of the molecule is O=C1NC(=O)[C@@H](CCC(=O)N2CCCN(c3ccccc3)CC2)N1. The Balaban J connectivity index is 1.49. The lowest BCUT2D eigenvalue weighted by Gasteiger charge is -2.24. The fourth-order valence-electron chi connectivity index (χ4n) is 3.15. The van der Waals surface area contributed by atoms with Crippen LogP contribution < -0.4 is 15.5 Å². The first-order valence-corrected chi connectivity index (χ1v) is 8.32. The lowest BCUT2D eigenvalue weighted by atomic mass is 10.1. The van der Waals surface area contributed by atoms with Crippen molar-refractivity contribution < 1.29 is 14.4 Å². The minimum atomic E-state index is -0.589. The molecular weight excluding hydrogens is 308 g/mol. The maximum Gasteiger partial charge on any atom is 0.322 e. The fraction of sp³-hybridized carbons (Fsp3) is 0.471. The number of anilines is 1. The Kier molecular flexibility index (Phi) is 4.98. The van der Waals surface area contributed by atoms with Gasteiger partial charge in [-0.15, -0.1) is 0 Å². The van der Waals surface area contributed by atoms with Crippen molar-refractivity contribution in [3.05, 3.63) is 30.3 Å². The van der Waals surface area contributed by atoms with Crippen molar-refractivity contribution in [1.82, 2.24) is 15.5 Å². The van der Waals surface area contributed by atoms with Gasteiger partial charge in [0.1, 0.15) is 6.04 Å². The number of rotatable bonds is 4. The van der Waals surface area contributed by atoms with Crippen molar-refractivity contribution >= 4 is 23.5 Å². The smallest absolute Gasteiger partial charge is 0.322 e. The van der Waals surface area contributed by atoms with Crippen LogP contribution in [0.25, 0.3) is 0 Å². The number of nitrogens with zero attached hydrogens (tertiary/aromatic N) is 2. The molecule has 0 spiro atoms. The zero-order valence-corrected chi connectivity index (χ0v) is 13.5. The van der Waals surface area contributed by atoms with Gasteiger partial charge in [0.15, 0.2) is 0 Å². The van der Waals surface area contributed by atoms with Gasteiger partial charge in [-0.05, 0) is 25.0 Å². The zero-order chi connectivity index (χ0) is 16.9. The van der Waals surface area contributed by atoms with Crippen LogP contribution in [0.5, 0.6) is 0 Å². The first-order chi connectivity index (χ1) is 11.6. The second kappa shape index (κ2) is 7.33. The standard InChI is InChI=1S/C17H22N4O3/c22-15(8-7-14-16(23)19-17(24)18-14)21-10-4-9-20(11-12-21)13-5-2-1-3-6-13/h1-3,5-6,14H,4,7-12H2,(H2,18,19,23,24)/t14-/m1/s1. The van der Waals surface area contributed by atoms with E-state index in [-0.39, 0.29) is 18.2 Å². The van der Waals surface area contributed by atoms with Gasteiger partial charge in [0.25, 0.3) is 5.91 Å². The van der Waals surface area contributed by atoms with Crippen LogP contribution in [0.2, 0.25) is 0 Å². The van der Waals surface area contributed by atoms with Gasteiger partial charge in [-0.2, -0.15) is 0 Å². The summed E-state index contributed by atoms with van der Waals surface area (Å²) < 4.78 is 0. The lowest BCUT2D eigenvalue weighted by molar-refractivity contribution is -0.131. The van der Waals surface area contributed by atoms with Crippen molar-refractivity contribution in [2.45, 2.75) is 25.3 Å². The monoisotopic (exact) mass is 330 g/mol. The molecule has 4 amide bonds. The summed E-state index contributed by atoms with van der Waals surface area (Å²) in [6.45, 7) is 3.13. The van der Waals surface area contributed by atoms with E-state index in [4.69, 9.17) is 0 Å². The second-order valence-corrected chi connectivity index (χ2v) is 6.11. The molecule has 0 unspecified atom stereocenters. The molecule has 7 nitrogen and oxygen atoms in total. The van der Waals surface area contributed by atoms with Crippen LogP contribution in [0.15, 0.2) is 30.3 Å². The van der Waals surface area contributed by atoms with Gasteiger partial charge >= 0.3 is 6.03 Å². The quantitative estimate of drug-likeness (QED) is 0.797. The van der Waals surface area contributed by atoms with E-state index in [9.17, 15) is 14.4 Å². The molecule has 2 saturated heterocycles. The number of hydrogen-bond acceptors (Lipinski definition) is 4. The van der Waals surface area contributed by atoms with Gasteiger partial charge in [0, 0.05) is 38.3 Å². The highest BCUT2D eigenvalue weighted by Crippen LogP contribution is 2.16. The van der Waals surface area contributed by atoms with Crippen LogP contribution in [-0.4, -0.2) is 55.0 Å². The highest BCUT2D eigenvalue weighted by Gasteiger charge is 2.30. The number of urea groups is 1. The van der Waals surface area contributed by atoms with E-state index in [1.165, 1.54) is 5.69 Å². The van der Waals surface area contributed by atoms with Gasteiger partial charge < -0.3 is 15.1 Å². The van der Waals surface area contributed by atoms with E-state index in [1.807, 2.05) is 23.1 Å². The average Bonchev–Trinajstić information content (AvgIpc) is 2.79. The van der Waals surface area contributed by atoms with Crippen LogP contribution >= 0.6 is 0 Å². The molecule has 0 bridgehead atoms. The maximum atomic E-state index is 12.4. The van der Waals surface area contributed by atoms with E-state index in [0.717, 1.165) is 26.1 Å². The van der Waals surface area contributed by atoms with E-state index in [0.29, 0.717) is 13.0 Å². The number of nitrogens with one attached hydrogen (secondary N) is 2. The number of benzene rings is 1. The van der Waals surface area contributed by atoms with Crippen molar-refractivity contribution in [2.75, 3.05) is 31.1 Å². The predicted molar refractivity (Wildman–Crippen MR) is 89.5 cm³/mol. The highest BCUT2D eigenvalue weighted by atomic mass is 16.2. The van der Waals surface area contributed by atoms with Crippen LogP contribution in [0.1, 0.15) is 19.3 Å². The Morgan fingerprint density at radius 2 is 1.88 bits per heavy atom. The second-order valence-electron chi connectivity index (χ2n) is 6.11. The molecule has 0 radical (unpaired) electrons. The molecule has 0 aromatic heterocycles. The van der Waals surface area contributed by atoms with Gasteiger partial charge in [0.2, 0.25) is 5.91 Å². The number of carbonyl (C=O) groups excluding carboxylic acids is 3. The average molecular weight is 330 g/mol. The van der Waals surface area contributed by atoms with E-state index in [2.05, 4.69) is 27.7 Å². The Hall–Kier alpha value is -2.57. The predicted octanol–water partition coefficient (Wildman–Crippen LogP) is 0.713. The molecule has 128 valence electrons. The molecule has 1 aromatic carbocycles. The summed E-state index contributed by atoms with van der Waals surface area (Å²) in [6.07, 6.45) is 1.53. The molecule has 1 atom stereocenters. The molecule has 2 heterocycles. The summed E-state index contributed by atoms with van der Waals surface area (Å²) in [4.78, 5) is 39.1. The molecule has 2 N–H and O–H groups in total. The van der Waals surface area contributed by atoms with Crippen LogP contribution in [0, 0.1) is 0 Å². The largest absolute Gasteiger partial charge is 0.370 e. The van der Waals surface area contributed by atoms with E-state index >= 15 is 0 Å². The van der Waals surface area contributed by atoms with Crippen LogP contribution in [0.4, 0.5) is 10.5 Å². The third kappa shape index (κ3) is 3.84. The zero-order valence-electron chi connectivity index (χ0n) is 13.5. The number of imide groups is 1. The van der Waals surface area contributed by atoms with Crippen molar-refractivity contribution in [2.24, 2.45) is 0 Å². The molecule has 0 aliphatic carbocycles. The van der Waals surface area contributed by atoms with Crippen LogP contribution in [-0.2, 0) is 9.59 Å². The third-order valence-electron chi connectivity index (χ3n) is 4.48. The number of para-hydroxylation sites is 1. The Morgan fingerprint density at radius 3 is 2.58 bits per heavy atom. The topological polar surface area (TPSA) is 81.8 Å². The van der Waals surface area contributed by atoms with Gasteiger partial charge in [-0.1, -0.05) is 18.2 Å². The molecule has 3 rings (SSSR count). The number of amides is 4. The number of hydrogen-bond donors (Lipinski definition) is 2. The molecule has 7 heteroatoms. The lowest BCUT2D eigenvalue weighted by Crippen LogP contribution is -2.37. The van der Waals surface area contributed by atoms with E-state index in [1.54, 1.807) is 0 Å². The third-order valence-corrected chi connectivity index (χ3v) is 4.48. The summed E-state index contributed by atoms with van der Waals surface area (Å²) in [5, 5.41) is 4.71. The maximum absolute atomic E-state index is 12.4. The van der Waals surface area contributed by atoms with Crippen molar-refractivity contribution in [3.63, 3.8) is 0 Å². The van der Waals surface area contributed by atoms with Gasteiger partial charge in [0.05, 0.1) is 0 Å². The minimum absolute atomic E-state index is 0.0406. The summed E-state index contributed by atoms with van der Waals surface area (Å²) >= 11 is 0. The highest BCUT2D eigenvalue weighted by molar-refractivity contribution is 6.04. The van der Waals surface area contributed by atoms with Gasteiger partial charge in [-0.25, -0.2) is 4.79 Å². The molecular formula is C17H22N4O3. The number of carbonyl (C=O) groups is 3. The molecule has 2 fully saturated rings. The van der Waals surface area contributed by atoms with Crippen molar-refractivity contribution in [1.29, 1.82) is 0 Å².